The molecule has 0 atom stereocenters. The number of nitrogens with one attached hydrogen (secondary N) is 1. The molecule has 0 saturated heterocycles. The summed E-state index contributed by atoms with van der Waals surface area (Å²) < 4.78 is 0. The number of carboxylic acid groups (broad SMARTS) is 1. The SMILES string of the molecule is CCCCCCCCCCCC(=O)N(CCNCCO)CC(=O)O.Cl.[H-].[Na+]. The summed E-state index contributed by atoms with van der Waals surface area (Å²) in [6, 6.07) is 0. The molecule has 0 aliphatic rings. The number of carbonyl (C=O) groups excluding carboxylic acids is 1. The number of nitrogens with zero attached hydrogens (tertiary/aromatic N) is 1. The fourth-order valence-electron chi connectivity index (χ4n) is 2.62. The molecule has 3 N–H and O–H groups in total. The smallest absolute Gasteiger partial charge is 1.00 e. The van der Waals surface area contributed by atoms with Crippen molar-refractivity contribution in [1.82, 2.24) is 10.2 Å². The molecule has 8 heteroatoms. The summed E-state index contributed by atoms with van der Waals surface area (Å²) in [7, 11) is 0. The molecule has 0 bridgehead atoms. The zero-order chi connectivity index (χ0) is 18.0. The van der Waals surface area contributed by atoms with Gasteiger partial charge in [-0.1, -0.05) is 58.3 Å². The van der Waals surface area contributed by atoms with Crippen molar-refractivity contribution in [1.29, 1.82) is 0 Å². The predicted octanol–water partition coefficient (Wildman–Crippen LogP) is -0.0593. The molecule has 0 saturated carbocycles. The van der Waals surface area contributed by atoms with Crippen LogP contribution in [0.2, 0.25) is 0 Å². The Balaban J connectivity index is -0.000000882. The molecule has 0 aliphatic heterocycles. The van der Waals surface area contributed by atoms with E-state index in [2.05, 4.69) is 12.2 Å². The van der Waals surface area contributed by atoms with Gasteiger partial charge in [0.1, 0.15) is 6.54 Å². The van der Waals surface area contributed by atoms with E-state index in [0.717, 1.165) is 19.3 Å². The summed E-state index contributed by atoms with van der Waals surface area (Å²) in [5.74, 6) is -1.08. The van der Waals surface area contributed by atoms with Crippen molar-refractivity contribution in [3.05, 3.63) is 0 Å². The molecular formula is C18H38ClN2NaO4. The fourth-order valence-corrected chi connectivity index (χ4v) is 2.62. The minimum Gasteiger partial charge on any atom is -1.00 e. The Labute approximate surface area is 188 Å². The first-order valence-corrected chi connectivity index (χ1v) is 9.43. The minimum absolute atomic E-state index is 0. The number of carbonyl (C=O) groups is 2. The average Bonchev–Trinajstić information content (AvgIpc) is 2.55. The minimum atomic E-state index is -0.988. The van der Waals surface area contributed by atoms with Crippen molar-refractivity contribution >= 4 is 24.3 Å². The molecule has 6 nitrogen and oxygen atoms in total. The number of carboxylic acids is 1. The van der Waals surface area contributed by atoms with Gasteiger partial charge in [0.2, 0.25) is 5.91 Å². The molecule has 0 aromatic carbocycles. The van der Waals surface area contributed by atoms with Gasteiger partial charge in [0.05, 0.1) is 6.61 Å². The number of amides is 1. The first kappa shape index (κ1) is 30.9. The summed E-state index contributed by atoms with van der Waals surface area (Å²) in [6.07, 6.45) is 11.1. The average molecular weight is 405 g/mol. The standard InChI is InChI=1S/C18H36N2O4.ClH.Na.H/c1-2-3-4-5-6-7-8-9-10-11-17(22)20(16-18(23)24)14-12-19-13-15-21;;;/h19,21H,2-16H2,1H3,(H,23,24);1H;;/q;;+1;-1. The molecule has 152 valence electrons. The number of unbranched alkanes of at least 4 members (excludes halogenated alkanes) is 8. The van der Waals surface area contributed by atoms with Crippen molar-refractivity contribution < 1.29 is 50.8 Å². The normalized spacial score (nSPS) is 9.92. The third-order valence-electron chi connectivity index (χ3n) is 4.02. The summed E-state index contributed by atoms with van der Waals surface area (Å²) in [4.78, 5) is 24.4. The quantitative estimate of drug-likeness (QED) is 0.233. The van der Waals surface area contributed by atoms with Crippen molar-refractivity contribution in [2.24, 2.45) is 0 Å². The number of rotatable bonds is 17. The molecule has 0 unspecified atom stereocenters. The van der Waals surface area contributed by atoms with E-state index in [1.54, 1.807) is 0 Å². The van der Waals surface area contributed by atoms with Crippen molar-refractivity contribution in [3.8, 4) is 0 Å². The number of aliphatic hydroxyl groups excluding tert-OH is 1. The Hall–Kier alpha value is 0.150. The second kappa shape index (κ2) is 23.2. The summed E-state index contributed by atoms with van der Waals surface area (Å²) >= 11 is 0. The maximum atomic E-state index is 12.1. The van der Waals surface area contributed by atoms with Crippen LogP contribution in [0.15, 0.2) is 0 Å². The first-order valence-electron chi connectivity index (χ1n) is 9.43. The Morgan fingerprint density at radius 3 is 2.00 bits per heavy atom. The topological polar surface area (TPSA) is 89.9 Å². The van der Waals surface area contributed by atoms with Crippen molar-refractivity contribution in [3.63, 3.8) is 0 Å². The van der Waals surface area contributed by atoms with Crippen LogP contribution in [0.4, 0.5) is 0 Å². The second-order valence-electron chi connectivity index (χ2n) is 6.26. The van der Waals surface area contributed by atoms with Gasteiger partial charge in [0.15, 0.2) is 0 Å². The van der Waals surface area contributed by atoms with Gasteiger partial charge in [-0.3, -0.25) is 9.59 Å². The van der Waals surface area contributed by atoms with E-state index < -0.39 is 5.97 Å². The van der Waals surface area contributed by atoms with Gasteiger partial charge >= 0.3 is 35.5 Å². The van der Waals surface area contributed by atoms with Gasteiger partial charge in [-0.2, -0.15) is 0 Å². The van der Waals surface area contributed by atoms with Crippen LogP contribution < -0.4 is 34.9 Å². The molecule has 1 amide bonds. The summed E-state index contributed by atoms with van der Waals surface area (Å²) in [5.41, 5.74) is 0. The Morgan fingerprint density at radius 1 is 0.962 bits per heavy atom. The van der Waals surface area contributed by atoms with E-state index in [1.807, 2.05) is 0 Å². The van der Waals surface area contributed by atoms with Gasteiger partial charge in [0.25, 0.3) is 0 Å². The molecule has 0 radical (unpaired) electrons. The van der Waals surface area contributed by atoms with E-state index in [1.165, 1.54) is 43.4 Å². The van der Waals surface area contributed by atoms with Gasteiger partial charge in [-0.15, -0.1) is 12.4 Å². The van der Waals surface area contributed by atoms with Crippen LogP contribution in [0, 0.1) is 0 Å². The maximum absolute atomic E-state index is 12.1. The molecule has 0 aliphatic carbocycles. The van der Waals surface area contributed by atoms with E-state index in [9.17, 15) is 9.59 Å². The zero-order valence-electron chi connectivity index (χ0n) is 17.7. The van der Waals surface area contributed by atoms with Gasteiger partial charge < -0.3 is 21.9 Å². The van der Waals surface area contributed by atoms with E-state index in [0.29, 0.717) is 26.1 Å². The molecule has 26 heavy (non-hydrogen) atoms. The molecule has 0 spiro atoms. The predicted molar refractivity (Wildman–Crippen MR) is 104 cm³/mol. The number of hydrogen-bond donors (Lipinski definition) is 3. The van der Waals surface area contributed by atoms with Crippen LogP contribution in [-0.2, 0) is 9.59 Å². The first-order chi connectivity index (χ1) is 11.6. The zero-order valence-corrected chi connectivity index (χ0v) is 19.5. The summed E-state index contributed by atoms with van der Waals surface area (Å²) in [6.45, 7) is 3.31. The largest absolute Gasteiger partial charge is 1.00 e. The van der Waals surface area contributed by atoms with Crippen LogP contribution >= 0.6 is 12.4 Å². The Morgan fingerprint density at radius 2 is 1.50 bits per heavy atom. The van der Waals surface area contributed by atoms with Crippen molar-refractivity contribution in [2.75, 3.05) is 32.8 Å². The number of aliphatic carboxylic acids is 1. The Kier molecular flexibility index (Phi) is 27.5. The number of aliphatic hydroxyl groups is 1. The van der Waals surface area contributed by atoms with Gasteiger partial charge in [-0.05, 0) is 6.42 Å². The van der Waals surface area contributed by atoms with Gasteiger partial charge in [0, 0.05) is 26.1 Å². The third-order valence-corrected chi connectivity index (χ3v) is 4.02. The molecule has 0 aromatic heterocycles. The molecular weight excluding hydrogens is 367 g/mol. The van der Waals surface area contributed by atoms with Crippen LogP contribution in [0.5, 0.6) is 0 Å². The van der Waals surface area contributed by atoms with Crippen LogP contribution in [0.3, 0.4) is 0 Å². The monoisotopic (exact) mass is 404 g/mol. The van der Waals surface area contributed by atoms with E-state index in [-0.39, 0.29) is 62.4 Å². The van der Waals surface area contributed by atoms with Crippen LogP contribution in [0.25, 0.3) is 0 Å². The van der Waals surface area contributed by atoms with Crippen molar-refractivity contribution in [2.45, 2.75) is 71.1 Å². The molecule has 0 rings (SSSR count). The van der Waals surface area contributed by atoms with Gasteiger partial charge in [-0.25, -0.2) is 0 Å². The van der Waals surface area contributed by atoms with Crippen LogP contribution in [0.1, 0.15) is 72.6 Å². The third kappa shape index (κ3) is 20.5. The fraction of sp³-hybridized carbons (Fsp3) is 0.889. The number of hydrogen-bond acceptors (Lipinski definition) is 4. The molecule has 0 heterocycles. The van der Waals surface area contributed by atoms with E-state index >= 15 is 0 Å². The van der Waals surface area contributed by atoms with E-state index in [4.69, 9.17) is 10.2 Å². The Bertz CT molecular complexity index is 342. The maximum Gasteiger partial charge on any atom is 1.00 e. The molecule has 0 aromatic rings. The summed E-state index contributed by atoms with van der Waals surface area (Å²) in [5, 5.41) is 20.6. The molecule has 0 fully saturated rings. The van der Waals surface area contributed by atoms with Crippen LogP contribution in [-0.4, -0.2) is 59.8 Å². The second-order valence-corrected chi connectivity index (χ2v) is 6.26. The number of halogens is 1.